The number of aliphatic hydroxyl groups is 1. The minimum Gasteiger partial charge on any atom is -0.385 e. The van der Waals surface area contributed by atoms with Gasteiger partial charge in [0.05, 0.1) is 5.60 Å². The van der Waals surface area contributed by atoms with Crippen LogP contribution in [0.5, 0.6) is 0 Å². The van der Waals surface area contributed by atoms with Crippen LogP contribution in [0, 0.1) is 0 Å². The van der Waals surface area contributed by atoms with Gasteiger partial charge in [0.2, 0.25) is 0 Å². The molecule has 0 atom stereocenters. The van der Waals surface area contributed by atoms with E-state index in [1.54, 1.807) is 0 Å². The second-order valence-electron chi connectivity index (χ2n) is 3.38. The highest BCUT2D eigenvalue weighted by molar-refractivity contribution is 5.72. The maximum Gasteiger partial charge on any atom is 0.0899 e. The van der Waals surface area contributed by atoms with E-state index < -0.39 is 5.60 Å². The molecular formula is C11H12O. The van der Waals surface area contributed by atoms with Crippen LogP contribution in [-0.4, -0.2) is 10.7 Å². The largest absolute Gasteiger partial charge is 0.385 e. The molecule has 0 heterocycles. The lowest BCUT2D eigenvalue weighted by atomic mass is 10.0. The molecule has 1 heteroatoms. The van der Waals surface area contributed by atoms with Gasteiger partial charge in [0, 0.05) is 0 Å². The molecule has 1 aromatic rings. The molecule has 62 valence electrons. The van der Waals surface area contributed by atoms with Gasteiger partial charge in [-0.3, -0.25) is 0 Å². The Morgan fingerprint density at radius 2 is 1.83 bits per heavy atom. The Hall–Kier alpha value is -1.08. The monoisotopic (exact) mass is 160 g/mol. The van der Waals surface area contributed by atoms with E-state index in [1.165, 1.54) is 0 Å². The lowest BCUT2D eigenvalue weighted by Gasteiger charge is -2.10. The van der Waals surface area contributed by atoms with E-state index in [0.29, 0.717) is 0 Å². The minimum absolute atomic E-state index is 0.582. The Balaban J connectivity index is 2.26. The van der Waals surface area contributed by atoms with E-state index in [-0.39, 0.29) is 0 Å². The summed E-state index contributed by atoms with van der Waals surface area (Å²) in [6.45, 7) is 3.91. The first kappa shape index (κ1) is 7.56. The molecule has 1 aliphatic carbocycles. The van der Waals surface area contributed by atoms with Crippen LogP contribution in [0.15, 0.2) is 36.9 Å². The number of rotatable bonds is 2. The predicted octanol–water partition coefficient (Wildman–Crippen LogP) is 2.22. The summed E-state index contributed by atoms with van der Waals surface area (Å²) >= 11 is 0. The van der Waals surface area contributed by atoms with Gasteiger partial charge in [0.15, 0.2) is 0 Å². The van der Waals surface area contributed by atoms with Crippen molar-refractivity contribution in [1.29, 1.82) is 0 Å². The molecular weight excluding hydrogens is 148 g/mol. The van der Waals surface area contributed by atoms with E-state index in [0.717, 1.165) is 24.0 Å². The number of hydrogen-bond donors (Lipinski definition) is 1. The highest BCUT2D eigenvalue weighted by Gasteiger charge is 2.43. The van der Waals surface area contributed by atoms with Crippen molar-refractivity contribution in [1.82, 2.24) is 0 Å². The second-order valence-corrected chi connectivity index (χ2v) is 3.38. The molecule has 0 saturated heterocycles. The van der Waals surface area contributed by atoms with Crippen LogP contribution in [0.1, 0.15) is 18.4 Å². The fourth-order valence-corrected chi connectivity index (χ4v) is 1.33. The first-order valence-corrected chi connectivity index (χ1v) is 4.19. The van der Waals surface area contributed by atoms with Crippen molar-refractivity contribution in [3.8, 4) is 0 Å². The normalized spacial score (nSPS) is 18.8. The van der Waals surface area contributed by atoms with Crippen LogP contribution >= 0.6 is 0 Å². The molecule has 1 nitrogen and oxygen atoms in total. The molecule has 1 fully saturated rings. The van der Waals surface area contributed by atoms with Gasteiger partial charge in [-0.05, 0) is 24.0 Å². The summed E-state index contributed by atoms with van der Waals surface area (Å²) in [6.07, 6.45) is 1.72. The molecule has 0 spiro atoms. The quantitative estimate of drug-likeness (QED) is 0.703. The Bertz CT molecular complexity index is 296. The lowest BCUT2D eigenvalue weighted by molar-refractivity contribution is 0.212. The van der Waals surface area contributed by atoms with E-state index in [1.807, 2.05) is 30.3 Å². The molecule has 0 amide bonds. The van der Waals surface area contributed by atoms with Crippen molar-refractivity contribution in [2.24, 2.45) is 0 Å². The Morgan fingerprint density at radius 3 is 2.33 bits per heavy atom. The molecule has 1 aromatic carbocycles. The summed E-state index contributed by atoms with van der Waals surface area (Å²) in [7, 11) is 0. The van der Waals surface area contributed by atoms with E-state index in [4.69, 9.17) is 0 Å². The molecule has 1 aliphatic rings. The van der Waals surface area contributed by atoms with Crippen LogP contribution in [0.3, 0.4) is 0 Å². The van der Waals surface area contributed by atoms with Crippen LogP contribution in [0.25, 0.3) is 5.57 Å². The zero-order chi connectivity index (χ0) is 8.60. The third-order valence-electron chi connectivity index (χ3n) is 2.41. The summed E-state index contributed by atoms with van der Waals surface area (Å²) < 4.78 is 0. The minimum atomic E-state index is -0.582. The molecule has 0 aromatic heterocycles. The zero-order valence-corrected chi connectivity index (χ0v) is 6.96. The third kappa shape index (κ3) is 1.16. The van der Waals surface area contributed by atoms with Gasteiger partial charge in [-0.25, -0.2) is 0 Å². The van der Waals surface area contributed by atoms with Crippen LogP contribution in [0.2, 0.25) is 0 Å². The van der Waals surface area contributed by atoms with Gasteiger partial charge in [-0.1, -0.05) is 36.9 Å². The molecule has 0 unspecified atom stereocenters. The summed E-state index contributed by atoms with van der Waals surface area (Å²) in [6, 6.07) is 9.86. The van der Waals surface area contributed by atoms with Crippen molar-refractivity contribution < 1.29 is 5.11 Å². The highest BCUT2D eigenvalue weighted by Crippen LogP contribution is 2.45. The van der Waals surface area contributed by atoms with Crippen molar-refractivity contribution in [2.75, 3.05) is 0 Å². The first-order chi connectivity index (χ1) is 5.72. The molecule has 0 aliphatic heterocycles. The topological polar surface area (TPSA) is 20.2 Å². The van der Waals surface area contributed by atoms with Crippen LogP contribution < -0.4 is 0 Å². The SMILES string of the molecule is C=C(c1ccccc1)C1(O)CC1. The predicted molar refractivity (Wildman–Crippen MR) is 49.7 cm³/mol. The fraction of sp³-hybridized carbons (Fsp3) is 0.273. The smallest absolute Gasteiger partial charge is 0.0899 e. The Morgan fingerprint density at radius 1 is 1.25 bits per heavy atom. The fourth-order valence-electron chi connectivity index (χ4n) is 1.33. The van der Waals surface area contributed by atoms with E-state index in [9.17, 15) is 5.11 Å². The van der Waals surface area contributed by atoms with Gasteiger partial charge in [0.25, 0.3) is 0 Å². The lowest BCUT2D eigenvalue weighted by Crippen LogP contribution is -2.08. The van der Waals surface area contributed by atoms with Crippen molar-refractivity contribution in [2.45, 2.75) is 18.4 Å². The van der Waals surface area contributed by atoms with Gasteiger partial charge >= 0.3 is 0 Å². The average molecular weight is 160 g/mol. The molecule has 0 bridgehead atoms. The van der Waals surface area contributed by atoms with Gasteiger partial charge in [-0.15, -0.1) is 0 Å². The highest BCUT2D eigenvalue weighted by atomic mass is 16.3. The third-order valence-corrected chi connectivity index (χ3v) is 2.41. The molecule has 0 radical (unpaired) electrons. The average Bonchev–Trinajstić information content (AvgIpc) is 2.85. The second kappa shape index (κ2) is 2.46. The molecule has 1 N–H and O–H groups in total. The Labute approximate surface area is 72.4 Å². The van der Waals surface area contributed by atoms with Crippen molar-refractivity contribution in [3.63, 3.8) is 0 Å². The van der Waals surface area contributed by atoms with Gasteiger partial charge in [0.1, 0.15) is 0 Å². The Kier molecular flexibility index (Phi) is 1.55. The summed E-state index contributed by atoms with van der Waals surface area (Å²) in [5, 5.41) is 9.75. The molecule has 12 heavy (non-hydrogen) atoms. The number of benzene rings is 1. The van der Waals surface area contributed by atoms with Gasteiger partial charge < -0.3 is 5.11 Å². The van der Waals surface area contributed by atoms with E-state index >= 15 is 0 Å². The summed E-state index contributed by atoms with van der Waals surface area (Å²) in [5.74, 6) is 0. The van der Waals surface area contributed by atoms with Gasteiger partial charge in [-0.2, -0.15) is 0 Å². The van der Waals surface area contributed by atoms with Crippen LogP contribution in [0.4, 0.5) is 0 Å². The van der Waals surface area contributed by atoms with Crippen molar-refractivity contribution >= 4 is 5.57 Å². The van der Waals surface area contributed by atoms with Crippen molar-refractivity contribution in [3.05, 3.63) is 42.5 Å². The van der Waals surface area contributed by atoms with E-state index in [2.05, 4.69) is 6.58 Å². The number of hydrogen-bond acceptors (Lipinski definition) is 1. The standard InChI is InChI=1S/C11H12O/c1-9(11(12)7-8-11)10-5-3-2-4-6-10/h2-6,12H,1,7-8H2. The first-order valence-electron chi connectivity index (χ1n) is 4.19. The maximum absolute atomic E-state index is 9.75. The molecule has 2 rings (SSSR count). The molecule has 1 saturated carbocycles. The summed E-state index contributed by atoms with van der Waals surface area (Å²) in [4.78, 5) is 0. The summed E-state index contributed by atoms with van der Waals surface area (Å²) in [5.41, 5.74) is 1.34. The maximum atomic E-state index is 9.75. The zero-order valence-electron chi connectivity index (χ0n) is 6.96. The van der Waals surface area contributed by atoms with Crippen LogP contribution in [-0.2, 0) is 0 Å².